The third-order valence-corrected chi connectivity index (χ3v) is 4.31. The monoisotopic (exact) mass is 264 g/mol. The molecule has 1 unspecified atom stereocenters. The number of hydrogen-bond acceptors (Lipinski definition) is 2. The molecule has 0 radical (unpaired) electrons. The molecule has 1 aromatic rings. The maximum absolute atomic E-state index is 5.87. The van der Waals surface area contributed by atoms with E-state index < -0.39 is 0 Å². The summed E-state index contributed by atoms with van der Waals surface area (Å²) in [7, 11) is 0. The van der Waals surface area contributed by atoms with Crippen molar-refractivity contribution in [1.29, 1.82) is 0 Å². The predicted octanol–water partition coefficient (Wildman–Crippen LogP) is 2.91. The van der Waals surface area contributed by atoms with Crippen LogP contribution in [0.25, 0.3) is 0 Å². The Morgan fingerprint density at radius 2 is 1.94 bits per heavy atom. The summed E-state index contributed by atoms with van der Waals surface area (Å²) in [5.41, 5.74) is 1.32. The van der Waals surface area contributed by atoms with Gasteiger partial charge >= 0.3 is 0 Å². The summed E-state index contributed by atoms with van der Waals surface area (Å²) in [6, 6.07) is 9.05. The van der Waals surface area contributed by atoms with E-state index in [0.29, 0.717) is 0 Å². The third kappa shape index (κ3) is 3.25. The quantitative estimate of drug-likeness (QED) is 0.880. The minimum atomic E-state index is 0.814. The van der Waals surface area contributed by atoms with Crippen molar-refractivity contribution in [3.05, 3.63) is 34.9 Å². The molecule has 1 aliphatic heterocycles. The molecule has 1 aliphatic carbocycles. The highest BCUT2D eigenvalue weighted by molar-refractivity contribution is 6.30. The minimum Gasteiger partial charge on any atom is -0.312 e. The number of likely N-dealkylation sites (tertiary alicyclic amines) is 1. The molecule has 1 aromatic carbocycles. The Labute approximate surface area is 114 Å². The summed E-state index contributed by atoms with van der Waals surface area (Å²) < 4.78 is 0. The van der Waals surface area contributed by atoms with Crippen LogP contribution in [0, 0.1) is 5.92 Å². The van der Waals surface area contributed by atoms with Crippen LogP contribution >= 0.6 is 11.6 Å². The van der Waals surface area contributed by atoms with Gasteiger partial charge in [-0.15, -0.1) is 0 Å². The van der Waals surface area contributed by atoms with E-state index in [1.54, 1.807) is 0 Å². The van der Waals surface area contributed by atoms with Crippen molar-refractivity contribution >= 4 is 11.6 Å². The first-order chi connectivity index (χ1) is 8.81. The molecule has 3 heteroatoms. The highest BCUT2D eigenvalue weighted by Crippen LogP contribution is 2.31. The van der Waals surface area contributed by atoms with Gasteiger partial charge in [0.1, 0.15) is 0 Å². The van der Waals surface area contributed by atoms with E-state index in [9.17, 15) is 0 Å². The summed E-state index contributed by atoms with van der Waals surface area (Å²) in [5.74, 6) is 0.845. The zero-order valence-electron chi connectivity index (χ0n) is 10.7. The van der Waals surface area contributed by atoms with Crippen LogP contribution in [0.15, 0.2) is 24.3 Å². The maximum atomic E-state index is 5.87. The van der Waals surface area contributed by atoms with Crippen molar-refractivity contribution in [2.75, 3.05) is 19.6 Å². The van der Waals surface area contributed by atoms with Crippen molar-refractivity contribution in [2.24, 2.45) is 5.92 Å². The largest absolute Gasteiger partial charge is 0.312 e. The Morgan fingerprint density at radius 3 is 2.67 bits per heavy atom. The average molecular weight is 265 g/mol. The molecule has 18 heavy (non-hydrogen) atoms. The lowest BCUT2D eigenvalue weighted by molar-refractivity contribution is 0.312. The fourth-order valence-corrected chi connectivity index (χ4v) is 2.95. The van der Waals surface area contributed by atoms with Crippen molar-refractivity contribution in [3.63, 3.8) is 0 Å². The molecule has 2 fully saturated rings. The van der Waals surface area contributed by atoms with E-state index in [0.717, 1.165) is 30.1 Å². The van der Waals surface area contributed by atoms with Gasteiger partial charge in [0, 0.05) is 24.2 Å². The summed E-state index contributed by atoms with van der Waals surface area (Å²) in [5, 5.41) is 4.39. The van der Waals surface area contributed by atoms with Crippen molar-refractivity contribution in [3.8, 4) is 0 Å². The van der Waals surface area contributed by atoms with Crippen LogP contribution in [0.4, 0.5) is 0 Å². The topological polar surface area (TPSA) is 15.3 Å². The van der Waals surface area contributed by atoms with Crippen LogP contribution in [0.2, 0.25) is 5.02 Å². The van der Waals surface area contributed by atoms with E-state index in [2.05, 4.69) is 22.3 Å². The molecule has 98 valence electrons. The Kier molecular flexibility index (Phi) is 3.88. The molecule has 1 saturated heterocycles. The van der Waals surface area contributed by atoms with Gasteiger partial charge in [-0.3, -0.25) is 0 Å². The van der Waals surface area contributed by atoms with Gasteiger partial charge in [-0.25, -0.2) is 0 Å². The van der Waals surface area contributed by atoms with E-state index in [-0.39, 0.29) is 0 Å². The van der Waals surface area contributed by atoms with Gasteiger partial charge in [0.05, 0.1) is 0 Å². The number of nitrogens with zero attached hydrogens (tertiary/aromatic N) is 1. The summed E-state index contributed by atoms with van der Waals surface area (Å²) in [6.45, 7) is 4.72. The molecule has 1 atom stereocenters. The molecular formula is C15H21ClN2. The van der Waals surface area contributed by atoms with Crippen LogP contribution < -0.4 is 5.32 Å². The number of rotatable bonds is 5. The van der Waals surface area contributed by atoms with Gasteiger partial charge in [-0.05, 0) is 56.0 Å². The highest BCUT2D eigenvalue weighted by Gasteiger charge is 2.33. The van der Waals surface area contributed by atoms with Crippen molar-refractivity contribution in [1.82, 2.24) is 10.2 Å². The highest BCUT2D eigenvalue weighted by atomic mass is 35.5. The SMILES string of the molecule is Clc1ccc(CNCC2CCN(C3CC3)C2)cc1. The van der Waals surface area contributed by atoms with Gasteiger partial charge in [-0.1, -0.05) is 23.7 Å². The zero-order valence-corrected chi connectivity index (χ0v) is 11.5. The zero-order chi connectivity index (χ0) is 12.4. The van der Waals surface area contributed by atoms with Crippen LogP contribution in [0.5, 0.6) is 0 Å². The van der Waals surface area contributed by atoms with Crippen molar-refractivity contribution in [2.45, 2.75) is 31.8 Å². The first kappa shape index (κ1) is 12.5. The molecule has 0 bridgehead atoms. The molecule has 1 N–H and O–H groups in total. The third-order valence-electron chi connectivity index (χ3n) is 4.06. The molecule has 0 spiro atoms. The predicted molar refractivity (Wildman–Crippen MR) is 75.9 cm³/mol. The van der Waals surface area contributed by atoms with Crippen molar-refractivity contribution < 1.29 is 0 Å². The van der Waals surface area contributed by atoms with E-state index in [1.165, 1.54) is 37.9 Å². The summed E-state index contributed by atoms with van der Waals surface area (Å²) in [4.78, 5) is 2.68. The van der Waals surface area contributed by atoms with Crippen LogP contribution in [0.1, 0.15) is 24.8 Å². The first-order valence-electron chi connectivity index (χ1n) is 7.00. The standard InChI is InChI=1S/C15H21ClN2/c16-14-3-1-12(2-4-14)9-17-10-13-7-8-18(11-13)15-5-6-15/h1-4,13,15,17H,5-11H2. The second-order valence-corrected chi connectivity index (χ2v) is 6.07. The van der Waals surface area contributed by atoms with E-state index in [4.69, 9.17) is 11.6 Å². The lowest BCUT2D eigenvalue weighted by atomic mass is 10.1. The summed E-state index contributed by atoms with van der Waals surface area (Å²) >= 11 is 5.87. The van der Waals surface area contributed by atoms with Gasteiger partial charge in [0.2, 0.25) is 0 Å². The Balaban J connectivity index is 1.38. The van der Waals surface area contributed by atoms with E-state index in [1.807, 2.05) is 12.1 Å². The van der Waals surface area contributed by atoms with Gasteiger partial charge in [0.25, 0.3) is 0 Å². The summed E-state index contributed by atoms with van der Waals surface area (Å²) in [6.07, 6.45) is 4.24. The lowest BCUT2D eigenvalue weighted by Crippen LogP contribution is -2.27. The molecule has 2 nitrogen and oxygen atoms in total. The fraction of sp³-hybridized carbons (Fsp3) is 0.600. The fourth-order valence-electron chi connectivity index (χ4n) is 2.82. The van der Waals surface area contributed by atoms with Gasteiger partial charge < -0.3 is 10.2 Å². The smallest absolute Gasteiger partial charge is 0.0406 e. The first-order valence-corrected chi connectivity index (χ1v) is 7.38. The number of benzene rings is 1. The molecular weight excluding hydrogens is 244 g/mol. The molecule has 3 rings (SSSR count). The van der Waals surface area contributed by atoms with Gasteiger partial charge in [0.15, 0.2) is 0 Å². The number of nitrogens with one attached hydrogen (secondary N) is 1. The Bertz CT molecular complexity index is 386. The van der Waals surface area contributed by atoms with Gasteiger partial charge in [-0.2, -0.15) is 0 Å². The second kappa shape index (κ2) is 5.60. The molecule has 2 aliphatic rings. The number of hydrogen-bond donors (Lipinski definition) is 1. The van der Waals surface area contributed by atoms with Crippen LogP contribution in [-0.2, 0) is 6.54 Å². The van der Waals surface area contributed by atoms with Crippen LogP contribution in [-0.4, -0.2) is 30.6 Å². The molecule has 0 amide bonds. The van der Waals surface area contributed by atoms with E-state index >= 15 is 0 Å². The minimum absolute atomic E-state index is 0.814. The Hall–Kier alpha value is -0.570. The maximum Gasteiger partial charge on any atom is 0.0406 e. The Morgan fingerprint density at radius 1 is 1.17 bits per heavy atom. The normalized spacial score (nSPS) is 24.6. The van der Waals surface area contributed by atoms with Crippen LogP contribution in [0.3, 0.4) is 0 Å². The lowest BCUT2D eigenvalue weighted by Gasteiger charge is -2.15. The number of halogens is 1. The average Bonchev–Trinajstić information content (AvgIpc) is 3.12. The second-order valence-electron chi connectivity index (χ2n) is 5.64. The molecule has 1 heterocycles. The molecule has 1 saturated carbocycles. The molecule has 0 aromatic heterocycles.